The van der Waals surface area contributed by atoms with Crippen LogP contribution in [0.1, 0.15) is 17.7 Å². The van der Waals surface area contributed by atoms with Crippen LogP contribution >= 0.6 is 23.2 Å². The van der Waals surface area contributed by atoms with Gasteiger partial charge in [-0.3, -0.25) is 9.98 Å². The smallest absolute Gasteiger partial charge is 0.0880 e. The quantitative estimate of drug-likeness (QED) is 0.565. The van der Waals surface area contributed by atoms with Crippen LogP contribution in [0, 0.1) is 6.92 Å². The Morgan fingerprint density at radius 1 is 0.923 bits per heavy atom. The lowest BCUT2D eigenvalue weighted by Crippen LogP contribution is -2.07. The van der Waals surface area contributed by atoms with Gasteiger partial charge in [-0.15, -0.1) is 0 Å². The van der Waals surface area contributed by atoms with Gasteiger partial charge in [0.2, 0.25) is 0 Å². The van der Waals surface area contributed by atoms with Gasteiger partial charge in [-0.1, -0.05) is 41.4 Å². The van der Waals surface area contributed by atoms with Crippen LogP contribution in [0.25, 0.3) is 11.1 Å². The number of nitrogens with zero attached hydrogens (tertiary/aromatic N) is 2. The Kier molecular flexibility index (Phi) is 4.66. The molecule has 4 rings (SSSR count). The van der Waals surface area contributed by atoms with Gasteiger partial charge in [-0.2, -0.15) is 0 Å². The van der Waals surface area contributed by atoms with Gasteiger partial charge < -0.3 is 5.32 Å². The Balaban J connectivity index is 1.76. The zero-order valence-electron chi connectivity index (χ0n) is 14.3. The minimum absolute atomic E-state index is 0.512. The molecule has 5 heteroatoms. The van der Waals surface area contributed by atoms with Crippen LogP contribution in [0.3, 0.4) is 0 Å². The van der Waals surface area contributed by atoms with Crippen LogP contribution in [-0.4, -0.2) is 17.2 Å². The number of aryl methyl sites for hydroxylation is 1. The van der Waals surface area contributed by atoms with E-state index in [1.807, 2.05) is 31.3 Å². The summed E-state index contributed by atoms with van der Waals surface area (Å²) in [6, 6.07) is 16.2. The molecule has 0 radical (unpaired) electrons. The summed E-state index contributed by atoms with van der Waals surface area (Å²) in [7, 11) is 0. The molecular weight excluding hydrogens is 365 g/mol. The number of fused-ring (bicyclic) bond motifs is 1. The summed E-state index contributed by atoms with van der Waals surface area (Å²) in [5.74, 6) is 0. The Morgan fingerprint density at radius 2 is 1.69 bits per heavy atom. The second kappa shape index (κ2) is 7.10. The number of hydrogen-bond donors (Lipinski definition) is 1. The lowest BCUT2D eigenvalue weighted by atomic mass is 10.00. The van der Waals surface area contributed by atoms with E-state index in [-0.39, 0.29) is 0 Å². The Morgan fingerprint density at radius 3 is 2.54 bits per heavy atom. The van der Waals surface area contributed by atoms with Crippen LogP contribution in [0.4, 0.5) is 11.4 Å². The third-order valence-electron chi connectivity index (χ3n) is 4.40. The van der Waals surface area contributed by atoms with Crippen molar-refractivity contribution in [3.05, 3.63) is 76.0 Å². The van der Waals surface area contributed by atoms with E-state index in [0.29, 0.717) is 10.0 Å². The topological polar surface area (TPSA) is 37.3 Å². The molecule has 2 heterocycles. The first kappa shape index (κ1) is 17.1. The highest BCUT2D eigenvalue weighted by molar-refractivity contribution is 6.42. The molecule has 0 bridgehead atoms. The van der Waals surface area contributed by atoms with E-state index in [2.05, 4.69) is 40.6 Å². The number of nitrogens with one attached hydrogen (secondary N) is 1. The van der Waals surface area contributed by atoms with E-state index in [0.717, 1.165) is 52.4 Å². The van der Waals surface area contributed by atoms with Crippen LogP contribution < -0.4 is 5.32 Å². The van der Waals surface area contributed by atoms with Gasteiger partial charge in [0.15, 0.2) is 0 Å². The summed E-state index contributed by atoms with van der Waals surface area (Å²) in [6.45, 7) is 2.79. The molecule has 0 aliphatic carbocycles. The van der Waals surface area contributed by atoms with Crippen molar-refractivity contribution < 1.29 is 0 Å². The predicted octanol–water partition coefficient (Wildman–Crippen LogP) is 6.30. The van der Waals surface area contributed by atoms with Crippen molar-refractivity contribution in [3.8, 4) is 11.1 Å². The average molecular weight is 382 g/mol. The number of hydrogen-bond acceptors (Lipinski definition) is 3. The maximum atomic E-state index is 6.18. The third-order valence-corrected chi connectivity index (χ3v) is 5.12. The fraction of sp³-hybridized carbons (Fsp3) is 0.143. The van der Waals surface area contributed by atoms with Gasteiger partial charge in [0, 0.05) is 24.9 Å². The van der Waals surface area contributed by atoms with Crippen LogP contribution in [0.5, 0.6) is 0 Å². The maximum Gasteiger partial charge on any atom is 0.0880 e. The minimum Gasteiger partial charge on any atom is -0.383 e. The van der Waals surface area contributed by atoms with E-state index in [4.69, 9.17) is 28.2 Å². The van der Waals surface area contributed by atoms with Crippen LogP contribution in [-0.2, 0) is 0 Å². The lowest BCUT2D eigenvalue weighted by Gasteiger charge is -2.08. The zero-order valence-corrected chi connectivity index (χ0v) is 15.8. The van der Waals surface area contributed by atoms with Crippen molar-refractivity contribution >= 4 is 40.3 Å². The summed E-state index contributed by atoms with van der Waals surface area (Å²) in [6.07, 6.45) is 2.66. The molecule has 0 saturated carbocycles. The van der Waals surface area contributed by atoms with Crippen LogP contribution in [0.2, 0.25) is 10.0 Å². The molecule has 0 saturated heterocycles. The van der Waals surface area contributed by atoms with E-state index in [1.165, 1.54) is 0 Å². The second-order valence-electron chi connectivity index (χ2n) is 6.29. The van der Waals surface area contributed by atoms with Crippen LogP contribution in [0.15, 0.2) is 59.7 Å². The molecule has 0 unspecified atom stereocenters. The number of pyridine rings is 1. The monoisotopic (exact) mass is 381 g/mol. The van der Waals surface area contributed by atoms with E-state index >= 15 is 0 Å². The SMILES string of the molecule is Cc1cc(-c2cccc(C3=Nc4cc(Cl)c(Cl)cc4NCC3)c2)ccn1. The molecule has 0 atom stereocenters. The average Bonchev–Trinajstić information content (AvgIpc) is 2.84. The molecular formula is C21H17Cl2N3. The molecule has 1 aromatic heterocycles. The number of anilines is 1. The number of halogens is 2. The normalized spacial score (nSPS) is 13.4. The molecule has 0 amide bonds. The van der Waals surface area contributed by atoms with Gasteiger partial charge in [-0.05, 0) is 53.9 Å². The molecule has 3 nitrogen and oxygen atoms in total. The fourth-order valence-electron chi connectivity index (χ4n) is 3.10. The molecule has 1 N–H and O–H groups in total. The molecule has 130 valence electrons. The van der Waals surface area contributed by atoms with Gasteiger partial charge in [0.05, 0.1) is 27.1 Å². The van der Waals surface area contributed by atoms with Crippen molar-refractivity contribution in [1.29, 1.82) is 0 Å². The summed E-state index contributed by atoms with van der Waals surface area (Å²) in [5.41, 5.74) is 7.18. The van der Waals surface area contributed by atoms with E-state index in [9.17, 15) is 0 Å². The molecule has 1 aliphatic rings. The first-order chi connectivity index (χ1) is 12.6. The molecule has 26 heavy (non-hydrogen) atoms. The predicted molar refractivity (Wildman–Crippen MR) is 110 cm³/mol. The number of aromatic nitrogens is 1. The van der Waals surface area contributed by atoms with Gasteiger partial charge in [-0.25, -0.2) is 0 Å². The van der Waals surface area contributed by atoms with E-state index < -0.39 is 0 Å². The van der Waals surface area contributed by atoms with Crippen molar-refractivity contribution in [2.75, 3.05) is 11.9 Å². The van der Waals surface area contributed by atoms with Gasteiger partial charge in [0.1, 0.15) is 0 Å². The van der Waals surface area contributed by atoms with Crippen molar-refractivity contribution in [3.63, 3.8) is 0 Å². The summed E-state index contributed by atoms with van der Waals surface area (Å²) in [5, 5.41) is 4.43. The summed E-state index contributed by atoms with van der Waals surface area (Å²) >= 11 is 12.3. The molecule has 1 aliphatic heterocycles. The minimum atomic E-state index is 0.512. The van der Waals surface area contributed by atoms with Gasteiger partial charge in [0.25, 0.3) is 0 Å². The maximum absolute atomic E-state index is 6.18. The summed E-state index contributed by atoms with van der Waals surface area (Å²) in [4.78, 5) is 9.14. The Bertz CT molecular complexity index is 1010. The summed E-state index contributed by atoms with van der Waals surface area (Å²) < 4.78 is 0. The highest BCUT2D eigenvalue weighted by atomic mass is 35.5. The first-order valence-corrected chi connectivity index (χ1v) is 9.20. The Labute approximate surface area is 162 Å². The molecule has 3 aromatic rings. The highest BCUT2D eigenvalue weighted by Crippen LogP contribution is 2.36. The molecule has 0 fully saturated rings. The van der Waals surface area contributed by atoms with Crippen molar-refractivity contribution in [2.24, 2.45) is 4.99 Å². The largest absolute Gasteiger partial charge is 0.383 e. The van der Waals surface area contributed by atoms with Gasteiger partial charge >= 0.3 is 0 Å². The number of benzene rings is 2. The van der Waals surface area contributed by atoms with E-state index in [1.54, 1.807) is 0 Å². The highest BCUT2D eigenvalue weighted by Gasteiger charge is 2.14. The third kappa shape index (κ3) is 3.46. The number of aliphatic imine (C=N–C) groups is 1. The standard InChI is InChI=1S/C21H17Cl2N3/c1-13-9-15(5-7-24-13)14-3-2-4-16(10-14)19-6-8-25-20-11-17(22)18(23)12-21(20)26-19/h2-5,7,9-12,25H,6,8H2,1H3. The molecule has 0 spiro atoms. The second-order valence-corrected chi connectivity index (χ2v) is 7.10. The number of rotatable bonds is 2. The Hall–Kier alpha value is -2.36. The lowest BCUT2D eigenvalue weighted by molar-refractivity contribution is 1.12. The zero-order chi connectivity index (χ0) is 18.1. The first-order valence-electron chi connectivity index (χ1n) is 8.44. The van der Waals surface area contributed by atoms with Crippen molar-refractivity contribution in [2.45, 2.75) is 13.3 Å². The molecule has 2 aromatic carbocycles. The van der Waals surface area contributed by atoms with Crippen molar-refractivity contribution in [1.82, 2.24) is 4.98 Å². The fourth-order valence-corrected chi connectivity index (χ4v) is 3.42.